The van der Waals surface area contributed by atoms with Crippen molar-refractivity contribution in [2.24, 2.45) is 16.1 Å². The molecule has 0 saturated heterocycles. The van der Waals surface area contributed by atoms with Crippen LogP contribution in [0.2, 0.25) is 0 Å². The topological polar surface area (TPSA) is 88.1 Å². The molecule has 6 heteroatoms. The van der Waals surface area contributed by atoms with Crippen molar-refractivity contribution in [3.8, 4) is 0 Å². The summed E-state index contributed by atoms with van der Waals surface area (Å²) in [5.74, 6) is 0. The fraction of sp³-hybridized carbons (Fsp3) is 0.143. The molecule has 2 N–H and O–H groups in total. The molecule has 102 valence electrons. The molecule has 0 aliphatic carbocycles. The van der Waals surface area contributed by atoms with Gasteiger partial charge in [-0.05, 0) is 58.9 Å². The summed E-state index contributed by atoms with van der Waals surface area (Å²) < 4.78 is 0. The fourth-order valence-electron chi connectivity index (χ4n) is 1.92. The summed E-state index contributed by atoms with van der Waals surface area (Å²) in [4.78, 5) is 22.8. The molecule has 2 aromatic rings. The van der Waals surface area contributed by atoms with Gasteiger partial charge in [0.2, 0.25) is 0 Å². The Morgan fingerprint density at radius 3 is 1.50 bits per heavy atom. The standard InChI is InChI=1S/C14H14N4O2/c15-9-10-18(13-5-1-11(16-19)2-6-13)14-7-3-12(17-20)4-8-14/h1-8H,9-10,15H2. The lowest BCUT2D eigenvalue weighted by Crippen LogP contribution is -2.24. The third kappa shape index (κ3) is 3.04. The number of nitrogens with zero attached hydrogens (tertiary/aromatic N) is 3. The highest BCUT2D eigenvalue weighted by molar-refractivity contribution is 5.66. The molecule has 6 nitrogen and oxygen atoms in total. The molecule has 0 spiro atoms. The van der Waals surface area contributed by atoms with E-state index in [9.17, 15) is 9.81 Å². The SMILES string of the molecule is NCCN(c1ccc(N=O)cc1)c1ccc(N=O)cc1. The Balaban J connectivity index is 2.32. The van der Waals surface area contributed by atoms with E-state index in [0.29, 0.717) is 24.5 Å². The number of hydrogen-bond acceptors (Lipinski definition) is 6. The second-order valence-electron chi connectivity index (χ2n) is 4.16. The van der Waals surface area contributed by atoms with Crippen LogP contribution in [-0.2, 0) is 0 Å². The predicted molar refractivity (Wildman–Crippen MR) is 79.9 cm³/mol. The highest BCUT2D eigenvalue weighted by atomic mass is 16.3. The Kier molecular flexibility index (Phi) is 4.52. The second-order valence-corrected chi connectivity index (χ2v) is 4.16. The van der Waals surface area contributed by atoms with Crippen molar-refractivity contribution >= 4 is 22.7 Å². The van der Waals surface area contributed by atoms with E-state index >= 15 is 0 Å². The summed E-state index contributed by atoms with van der Waals surface area (Å²) >= 11 is 0. The monoisotopic (exact) mass is 270 g/mol. The summed E-state index contributed by atoms with van der Waals surface area (Å²) in [5, 5.41) is 5.74. The Labute approximate surface area is 116 Å². The minimum absolute atomic E-state index is 0.377. The van der Waals surface area contributed by atoms with Crippen LogP contribution in [0.4, 0.5) is 22.7 Å². The van der Waals surface area contributed by atoms with Gasteiger partial charge < -0.3 is 10.6 Å². The molecule has 0 aromatic heterocycles. The van der Waals surface area contributed by atoms with Crippen LogP contribution in [0.5, 0.6) is 0 Å². The molecule has 0 amide bonds. The Bertz CT molecular complexity index is 530. The molecule has 20 heavy (non-hydrogen) atoms. The van der Waals surface area contributed by atoms with Gasteiger partial charge in [0, 0.05) is 24.5 Å². The molecular formula is C14H14N4O2. The summed E-state index contributed by atoms with van der Waals surface area (Å²) in [5.41, 5.74) is 8.19. The number of nitroso groups, excluding NO2 is 2. The van der Waals surface area contributed by atoms with Crippen LogP contribution in [0, 0.1) is 9.81 Å². The third-order valence-corrected chi connectivity index (χ3v) is 2.89. The second kappa shape index (κ2) is 6.53. The smallest absolute Gasteiger partial charge is 0.108 e. The maximum atomic E-state index is 10.4. The first kappa shape index (κ1) is 13.8. The van der Waals surface area contributed by atoms with Gasteiger partial charge in [0.05, 0.1) is 0 Å². The van der Waals surface area contributed by atoms with Gasteiger partial charge in [-0.2, -0.15) is 0 Å². The van der Waals surface area contributed by atoms with Gasteiger partial charge in [-0.1, -0.05) is 0 Å². The van der Waals surface area contributed by atoms with Crippen LogP contribution < -0.4 is 10.6 Å². The number of hydrogen-bond donors (Lipinski definition) is 1. The molecule has 0 unspecified atom stereocenters. The van der Waals surface area contributed by atoms with E-state index < -0.39 is 0 Å². The molecule has 0 radical (unpaired) electrons. The van der Waals surface area contributed by atoms with Gasteiger partial charge in [0.15, 0.2) is 0 Å². The van der Waals surface area contributed by atoms with E-state index in [4.69, 9.17) is 5.73 Å². The Morgan fingerprint density at radius 1 is 0.800 bits per heavy atom. The van der Waals surface area contributed by atoms with Crippen molar-refractivity contribution in [1.82, 2.24) is 0 Å². The van der Waals surface area contributed by atoms with Crippen LogP contribution in [0.25, 0.3) is 0 Å². The molecule has 0 heterocycles. The Hall–Kier alpha value is -2.60. The van der Waals surface area contributed by atoms with Crippen LogP contribution >= 0.6 is 0 Å². The summed E-state index contributed by atoms with van der Waals surface area (Å²) in [6, 6.07) is 13.8. The minimum Gasteiger partial charge on any atom is -0.340 e. The molecular weight excluding hydrogens is 256 g/mol. The Morgan fingerprint density at radius 2 is 1.20 bits per heavy atom. The van der Waals surface area contributed by atoms with Crippen LogP contribution in [-0.4, -0.2) is 13.1 Å². The number of rotatable bonds is 6. The highest BCUT2D eigenvalue weighted by Crippen LogP contribution is 2.28. The number of benzene rings is 2. The minimum atomic E-state index is 0.377. The van der Waals surface area contributed by atoms with E-state index in [2.05, 4.69) is 10.4 Å². The van der Waals surface area contributed by atoms with Crippen molar-refractivity contribution in [2.45, 2.75) is 0 Å². The number of nitrogens with two attached hydrogens (primary N) is 1. The third-order valence-electron chi connectivity index (χ3n) is 2.89. The summed E-state index contributed by atoms with van der Waals surface area (Å²) in [6.07, 6.45) is 0. The van der Waals surface area contributed by atoms with Crippen LogP contribution in [0.15, 0.2) is 58.9 Å². The first-order chi connectivity index (χ1) is 9.78. The van der Waals surface area contributed by atoms with E-state index in [1.54, 1.807) is 48.5 Å². The molecule has 2 rings (SSSR count). The van der Waals surface area contributed by atoms with Gasteiger partial charge in [0.25, 0.3) is 0 Å². The fourth-order valence-corrected chi connectivity index (χ4v) is 1.92. The highest BCUT2D eigenvalue weighted by Gasteiger charge is 2.08. The van der Waals surface area contributed by atoms with Crippen molar-refractivity contribution in [2.75, 3.05) is 18.0 Å². The largest absolute Gasteiger partial charge is 0.340 e. The van der Waals surface area contributed by atoms with Crippen molar-refractivity contribution < 1.29 is 0 Å². The van der Waals surface area contributed by atoms with Gasteiger partial charge in [0.1, 0.15) is 11.4 Å². The first-order valence-corrected chi connectivity index (χ1v) is 6.13. The average molecular weight is 270 g/mol. The van der Waals surface area contributed by atoms with E-state index in [1.807, 2.05) is 4.90 Å². The lowest BCUT2D eigenvalue weighted by Gasteiger charge is -2.24. The zero-order valence-corrected chi connectivity index (χ0v) is 10.8. The summed E-state index contributed by atoms with van der Waals surface area (Å²) in [6.45, 7) is 1.09. The van der Waals surface area contributed by atoms with Crippen molar-refractivity contribution in [1.29, 1.82) is 0 Å². The average Bonchev–Trinajstić information content (AvgIpc) is 2.53. The maximum Gasteiger partial charge on any atom is 0.108 e. The molecule has 0 aliphatic heterocycles. The quantitative estimate of drug-likeness (QED) is 0.812. The zero-order valence-electron chi connectivity index (χ0n) is 10.8. The lowest BCUT2D eigenvalue weighted by atomic mass is 10.2. The maximum absolute atomic E-state index is 10.4. The lowest BCUT2D eigenvalue weighted by molar-refractivity contribution is 0.922. The van der Waals surface area contributed by atoms with Crippen molar-refractivity contribution in [3.05, 3.63) is 58.3 Å². The molecule has 0 fully saturated rings. The van der Waals surface area contributed by atoms with Crippen LogP contribution in [0.3, 0.4) is 0 Å². The summed E-state index contributed by atoms with van der Waals surface area (Å²) in [7, 11) is 0. The van der Waals surface area contributed by atoms with Crippen LogP contribution in [0.1, 0.15) is 0 Å². The molecule has 0 aliphatic rings. The molecule has 0 bridgehead atoms. The van der Waals surface area contributed by atoms with Gasteiger partial charge >= 0.3 is 0 Å². The molecule has 0 atom stereocenters. The van der Waals surface area contributed by atoms with Gasteiger partial charge in [-0.25, -0.2) is 0 Å². The predicted octanol–water partition coefficient (Wildman–Crippen LogP) is 3.58. The van der Waals surface area contributed by atoms with E-state index in [0.717, 1.165) is 11.4 Å². The van der Waals surface area contributed by atoms with E-state index in [-0.39, 0.29) is 0 Å². The molecule has 2 aromatic carbocycles. The number of anilines is 2. The van der Waals surface area contributed by atoms with Crippen molar-refractivity contribution in [3.63, 3.8) is 0 Å². The first-order valence-electron chi connectivity index (χ1n) is 6.13. The zero-order chi connectivity index (χ0) is 14.4. The normalized spacial score (nSPS) is 10.1. The molecule has 0 saturated carbocycles. The van der Waals surface area contributed by atoms with Gasteiger partial charge in [-0.15, -0.1) is 9.81 Å². The van der Waals surface area contributed by atoms with E-state index in [1.165, 1.54) is 0 Å². The van der Waals surface area contributed by atoms with Gasteiger partial charge in [-0.3, -0.25) is 0 Å².